The summed E-state index contributed by atoms with van der Waals surface area (Å²) in [6, 6.07) is 11.8. The van der Waals surface area contributed by atoms with E-state index in [0.29, 0.717) is 5.89 Å². The van der Waals surface area contributed by atoms with Crippen LogP contribution in [0.15, 0.2) is 53.2 Å². The molecule has 0 aliphatic heterocycles. The molecule has 3 nitrogen and oxygen atoms in total. The molecule has 0 saturated heterocycles. The van der Waals surface area contributed by atoms with E-state index in [2.05, 4.69) is 4.98 Å². The van der Waals surface area contributed by atoms with Gasteiger partial charge in [0.2, 0.25) is 5.89 Å². The van der Waals surface area contributed by atoms with Crippen LogP contribution in [0.25, 0.3) is 22.6 Å². The SMILES string of the molecule is C[n+]1ccc(-c2nc3ccccc3o2)cc1.F[B-](F)(F)F. The molecule has 0 atom stereocenters. The Hall–Kier alpha value is -2.38. The lowest BCUT2D eigenvalue weighted by Gasteiger charge is -1.94. The van der Waals surface area contributed by atoms with Crippen LogP contribution in [0.3, 0.4) is 0 Å². The van der Waals surface area contributed by atoms with Crippen LogP contribution in [0.1, 0.15) is 0 Å². The fraction of sp³-hybridized carbons (Fsp3) is 0.0769. The van der Waals surface area contributed by atoms with E-state index in [-0.39, 0.29) is 0 Å². The molecule has 21 heavy (non-hydrogen) atoms. The molecule has 0 amide bonds. The lowest BCUT2D eigenvalue weighted by atomic mass is 10.3. The topological polar surface area (TPSA) is 29.9 Å². The summed E-state index contributed by atoms with van der Waals surface area (Å²) in [5, 5.41) is 0. The molecule has 0 saturated carbocycles. The van der Waals surface area contributed by atoms with Crippen molar-refractivity contribution < 1.29 is 26.2 Å². The molecule has 8 heteroatoms. The molecular formula is C13H11BF4N2O. The molecule has 110 valence electrons. The Morgan fingerprint density at radius 1 is 1.00 bits per heavy atom. The maximum absolute atomic E-state index is 9.75. The van der Waals surface area contributed by atoms with Gasteiger partial charge in [0.05, 0.1) is 0 Å². The van der Waals surface area contributed by atoms with Gasteiger partial charge < -0.3 is 21.7 Å². The van der Waals surface area contributed by atoms with Crippen molar-refractivity contribution in [1.29, 1.82) is 0 Å². The fourth-order valence-electron chi connectivity index (χ4n) is 1.64. The van der Waals surface area contributed by atoms with E-state index in [0.717, 1.165) is 16.7 Å². The number of aryl methyl sites for hydroxylation is 1. The maximum atomic E-state index is 9.75. The number of fused-ring (bicyclic) bond motifs is 1. The molecule has 0 unspecified atom stereocenters. The van der Waals surface area contributed by atoms with Crippen molar-refractivity contribution in [3.8, 4) is 11.5 Å². The minimum absolute atomic E-state index is 0.668. The van der Waals surface area contributed by atoms with Gasteiger partial charge in [0.1, 0.15) is 12.6 Å². The molecule has 0 N–H and O–H groups in total. The lowest BCUT2D eigenvalue weighted by molar-refractivity contribution is -0.671. The van der Waals surface area contributed by atoms with E-state index in [1.54, 1.807) is 0 Å². The van der Waals surface area contributed by atoms with Gasteiger partial charge in [-0.05, 0) is 12.1 Å². The van der Waals surface area contributed by atoms with Crippen molar-refractivity contribution in [2.75, 3.05) is 0 Å². The van der Waals surface area contributed by atoms with Crippen LogP contribution in [0.2, 0.25) is 0 Å². The van der Waals surface area contributed by atoms with Gasteiger partial charge in [0, 0.05) is 17.7 Å². The Morgan fingerprint density at radius 3 is 2.14 bits per heavy atom. The Balaban J connectivity index is 0.000000282. The molecule has 3 aromatic rings. The fourth-order valence-corrected chi connectivity index (χ4v) is 1.64. The van der Waals surface area contributed by atoms with Gasteiger partial charge in [0.15, 0.2) is 18.0 Å². The number of rotatable bonds is 1. The number of halogens is 4. The molecule has 2 heterocycles. The predicted octanol–water partition coefficient (Wildman–Crippen LogP) is 3.62. The van der Waals surface area contributed by atoms with E-state index in [9.17, 15) is 17.3 Å². The van der Waals surface area contributed by atoms with E-state index < -0.39 is 7.25 Å². The summed E-state index contributed by atoms with van der Waals surface area (Å²) >= 11 is 0. The van der Waals surface area contributed by atoms with E-state index in [1.807, 2.05) is 60.4 Å². The molecule has 0 bridgehead atoms. The number of benzene rings is 1. The second-order valence-electron chi connectivity index (χ2n) is 4.23. The number of nitrogens with zero attached hydrogens (tertiary/aromatic N) is 2. The Labute approximate surface area is 118 Å². The second kappa shape index (κ2) is 5.95. The largest absolute Gasteiger partial charge is 0.673 e. The molecule has 1 aromatic carbocycles. The second-order valence-corrected chi connectivity index (χ2v) is 4.23. The summed E-state index contributed by atoms with van der Waals surface area (Å²) in [6.45, 7) is 0. The predicted molar refractivity (Wildman–Crippen MR) is 70.8 cm³/mol. The summed E-state index contributed by atoms with van der Waals surface area (Å²) in [6.07, 6.45) is 3.95. The van der Waals surface area contributed by atoms with Gasteiger partial charge in [-0.15, -0.1) is 0 Å². The summed E-state index contributed by atoms with van der Waals surface area (Å²) in [5.41, 5.74) is 2.71. The van der Waals surface area contributed by atoms with E-state index in [4.69, 9.17) is 4.42 Å². The number of pyridine rings is 1. The molecule has 0 spiro atoms. The third kappa shape index (κ3) is 4.59. The summed E-state index contributed by atoms with van der Waals surface area (Å²) in [4.78, 5) is 4.44. The summed E-state index contributed by atoms with van der Waals surface area (Å²) < 4.78 is 46.7. The highest BCUT2D eigenvalue weighted by Gasteiger charge is 2.20. The first kappa shape index (κ1) is 15.0. The highest BCUT2D eigenvalue weighted by molar-refractivity contribution is 6.50. The minimum Gasteiger partial charge on any atom is -0.436 e. The number of para-hydroxylation sites is 2. The average molecular weight is 298 g/mol. The Bertz CT molecular complexity index is 686. The smallest absolute Gasteiger partial charge is 0.436 e. The normalized spacial score (nSPS) is 11.1. The standard InChI is InChI=1S/C13H11N2O.BF4/c1-15-8-6-10(7-9-15)13-14-11-4-2-3-5-12(11)16-13;2-1(3,4)5/h2-9H,1H3;/q+1;-1. The van der Waals surface area contributed by atoms with Crippen LogP contribution < -0.4 is 4.57 Å². The van der Waals surface area contributed by atoms with Crippen LogP contribution in [0, 0.1) is 0 Å². The van der Waals surface area contributed by atoms with Crippen molar-refractivity contribution in [3.63, 3.8) is 0 Å². The number of hydrogen-bond acceptors (Lipinski definition) is 2. The van der Waals surface area contributed by atoms with Crippen molar-refractivity contribution in [2.45, 2.75) is 0 Å². The third-order valence-corrected chi connectivity index (χ3v) is 2.52. The van der Waals surface area contributed by atoms with E-state index in [1.165, 1.54) is 0 Å². The molecular weight excluding hydrogens is 287 g/mol. The van der Waals surface area contributed by atoms with Crippen LogP contribution in [0.5, 0.6) is 0 Å². The Morgan fingerprint density at radius 2 is 1.57 bits per heavy atom. The maximum Gasteiger partial charge on any atom is 0.673 e. The first-order chi connectivity index (χ1) is 9.83. The minimum atomic E-state index is -6.00. The highest BCUT2D eigenvalue weighted by Crippen LogP contribution is 2.22. The average Bonchev–Trinajstić information content (AvgIpc) is 2.81. The summed E-state index contributed by atoms with van der Waals surface area (Å²) in [7, 11) is -4.02. The van der Waals surface area contributed by atoms with Crippen LogP contribution in [0.4, 0.5) is 17.3 Å². The molecule has 0 aliphatic rings. The number of hydrogen-bond donors (Lipinski definition) is 0. The zero-order valence-electron chi connectivity index (χ0n) is 11.0. The van der Waals surface area contributed by atoms with Gasteiger partial charge >= 0.3 is 7.25 Å². The zero-order valence-corrected chi connectivity index (χ0v) is 11.0. The first-order valence-electron chi connectivity index (χ1n) is 6.01. The van der Waals surface area contributed by atoms with Crippen LogP contribution in [-0.2, 0) is 7.05 Å². The van der Waals surface area contributed by atoms with Crippen LogP contribution in [-0.4, -0.2) is 12.2 Å². The van der Waals surface area contributed by atoms with Gasteiger partial charge in [-0.2, -0.15) is 0 Å². The lowest BCUT2D eigenvalue weighted by Crippen LogP contribution is -2.25. The molecule has 0 radical (unpaired) electrons. The molecule has 3 rings (SSSR count). The molecule has 0 fully saturated rings. The molecule has 2 aromatic heterocycles. The van der Waals surface area contributed by atoms with Gasteiger partial charge in [0.25, 0.3) is 0 Å². The quantitative estimate of drug-likeness (QED) is 0.390. The van der Waals surface area contributed by atoms with Crippen LogP contribution >= 0.6 is 0 Å². The van der Waals surface area contributed by atoms with Gasteiger partial charge in [-0.25, -0.2) is 9.55 Å². The third-order valence-electron chi connectivity index (χ3n) is 2.52. The Kier molecular flexibility index (Phi) is 4.25. The van der Waals surface area contributed by atoms with Gasteiger partial charge in [-0.1, -0.05) is 12.1 Å². The van der Waals surface area contributed by atoms with Crippen molar-refractivity contribution in [3.05, 3.63) is 48.8 Å². The summed E-state index contributed by atoms with van der Waals surface area (Å²) in [5.74, 6) is 0.668. The first-order valence-corrected chi connectivity index (χ1v) is 6.01. The van der Waals surface area contributed by atoms with Crippen molar-refractivity contribution in [2.24, 2.45) is 7.05 Å². The monoisotopic (exact) mass is 298 g/mol. The number of oxazole rings is 1. The van der Waals surface area contributed by atoms with Gasteiger partial charge in [-0.3, -0.25) is 0 Å². The highest BCUT2D eigenvalue weighted by atomic mass is 19.5. The van der Waals surface area contributed by atoms with Crippen molar-refractivity contribution >= 4 is 18.4 Å². The van der Waals surface area contributed by atoms with E-state index >= 15 is 0 Å². The zero-order chi connectivity index (χ0) is 15.5. The van der Waals surface area contributed by atoms with Crippen molar-refractivity contribution in [1.82, 2.24) is 4.98 Å². The molecule has 0 aliphatic carbocycles. The number of aromatic nitrogens is 2.